The van der Waals surface area contributed by atoms with E-state index in [1.807, 2.05) is 24.3 Å². The monoisotopic (exact) mass is 436 g/mol. The van der Waals surface area contributed by atoms with E-state index in [-0.39, 0.29) is 20.7 Å². The molecule has 0 atom stereocenters. The molecule has 4 aromatic rings. The number of allylic oxidation sites excluding steroid dienone is 2. The van der Waals surface area contributed by atoms with Gasteiger partial charge in [-0.1, -0.05) is 0 Å². The summed E-state index contributed by atoms with van der Waals surface area (Å²) in [5.74, 6) is 0.113. The molecule has 1 aliphatic heterocycles. The van der Waals surface area contributed by atoms with Crippen molar-refractivity contribution in [1.82, 2.24) is 0 Å². The van der Waals surface area contributed by atoms with Crippen LogP contribution >= 0.6 is 0 Å². The molecule has 0 aromatic heterocycles. The van der Waals surface area contributed by atoms with Gasteiger partial charge < -0.3 is 0 Å². The third-order valence-electron chi connectivity index (χ3n) is 5.64. The fourth-order valence-corrected chi connectivity index (χ4v) is 6.55. The maximum atomic E-state index is 13.7. The number of carbonyl (C=O) groups excluding carboxylic acids is 1. The molecule has 0 unspecified atom stereocenters. The summed E-state index contributed by atoms with van der Waals surface area (Å²) >= 11 is 0.257. The number of benzene rings is 4. The van der Waals surface area contributed by atoms with Gasteiger partial charge in [-0.15, -0.1) is 0 Å². The zero-order valence-electron chi connectivity index (χ0n) is 15.6. The Bertz CT molecular complexity index is 1340. The van der Waals surface area contributed by atoms with Crippen LogP contribution in [0.15, 0.2) is 96.6 Å². The average molecular weight is 435 g/mol. The van der Waals surface area contributed by atoms with E-state index in [2.05, 4.69) is 72.8 Å². The van der Waals surface area contributed by atoms with Gasteiger partial charge in [0.05, 0.1) is 0 Å². The molecule has 0 saturated carbocycles. The molecule has 0 radical (unpaired) electrons. The fourth-order valence-electron chi connectivity index (χ4n) is 4.26. The second-order valence-electron chi connectivity index (χ2n) is 7.33. The van der Waals surface area contributed by atoms with E-state index in [4.69, 9.17) is 0 Å². The zero-order valence-corrected chi connectivity index (χ0v) is 17.3. The van der Waals surface area contributed by atoms with Crippen molar-refractivity contribution < 1.29 is 4.79 Å². The Morgan fingerprint density at radius 1 is 0.586 bits per heavy atom. The van der Waals surface area contributed by atoms with Crippen LogP contribution in [0.25, 0.3) is 22.4 Å². The maximum absolute atomic E-state index is 13.7. The predicted octanol–water partition coefficient (Wildman–Crippen LogP) is 4.52. The molecule has 0 bridgehead atoms. The summed E-state index contributed by atoms with van der Waals surface area (Å²) < 4.78 is 2.68. The molecular weight excluding hydrogens is 419 g/mol. The van der Waals surface area contributed by atoms with Gasteiger partial charge in [0.2, 0.25) is 0 Å². The topological polar surface area (TPSA) is 17.1 Å². The van der Waals surface area contributed by atoms with Gasteiger partial charge in [0.15, 0.2) is 0 Å². The van der Waals surface area contributed by atoms with Crippen LogP contribution in [0.5, 0.6) is 0 Å². The standard InChI is InChI=1S/C27H16OSe/c28-27-22(14-13-19-15-17-7-1-2-8-18(17)16-23(19)27)26-20-9-3-5-11-24(20)29-25-12-6-4-10-21(25)26/h1-16H. The van der Waals surface area contributed by atoms with Gasteiger partial charge in [-0.2, -0.15) is 0 Å². The van der Waals surface area contributed by atoms with E-state index in [0.29, 0.717) is 0 Å². The average Bonchev–Trinajstić information content (AvgIpc) is 2.77. The summed E-state index contributed by atoms with van der Waals surface area (Å²) in [5, 5.41) is 2.27. The van der Waals surface area contributed by atoms with Crippen LogP contribution in [0, 0.1) is 0 Å². The molecular formula is C27H16OSe. The molecule has 1 nitrogen and oxygen atoms in total. The third kappa shape index (κ3) is 2.57. The predicted molar refractivity (Wildman–Crippen MR) is 121 cm³/mol. The van der Waals surface area contributed by atoms with Gasteiger partial charge >= 0.3 is 176 Å². The molecule has 1 aliphatic carbocycles. The van der Waals surface area contributed by atoms with Gasteiger partial charge in [0.1, 0.15) is 0 Å². The first kappa shape index (κ1) is 16.7. The molecule has 2 aliphatic rings. The van der Waals surface area contributed by atoms with E-state index in [1.165, 1.54) is 20.1 Å². The minimum atomic E-state index is 0.113. The zero-order chi connectivity index (χ0) is 19.4. The van der Waals surface area contributed by atoms with Gasteiger partial charge in [0, 0.05) is 0 Å². The van der Waals surface area contributed by atoms with Gasteiger partial charge in [-0.25, -0.2) is 0 Å². The Hall–Kier alpha value is -3.19. The first-order chi connectivity index (χ1) is 14.3. The first-order valence-corrected chi connectivity index (χ1v) is 11.4. The Balaban J connectivity index is 1.64. The van der Waals surface area contributed by atoms with E-state index in [0.717, 1.165) is 33.0 Å². The summed E-state index contributed by atoms with van der Waals surface area (Å²) in [6.45, 7) is 0. The molecule has 0 saturated heterocycles. The van der Waals surface area contributed by atoms with E-state index in [1.54, 1.807) is 0 Å². The normalized spacial score (nSPS) is 14.6. The summed E-state index contributed by atoms with van der Waals surface area (Å²) in [7, 11) is 0. The van der Waals surface area contributed by atoms with Crippen molar-refractivity contribution in [2.24, 2.45) is 0 Å². The molecule has 4 aromatic carbocycles. The van der Waals surface area contributed by atoms with Crippen LogP contribution in [0.2, 0.25) is 0 Å². The number of ketones is 1. The Morgan fingerprint density at radius 3 is 1.86 bits per heavy atom. The van der Waals surface area contributed by atoms with Crippen molar-refractivity contribution in [3.63, 3.8) is 0 Å². The van der Waals surface area contributed by atoms with Crippen molar-refractivity contribution in [2.75, 3.05) is 0 Å². The number of hydrogen-bond acceptors (Lipinski definition) is 1. The van der Waals surface area contributed by atoms with Crippen LogP contribution in [-0.2, 0) is 0 Å². The minimum absolute atomic E-state index is 0.113. The summed E-state index contributed by atoms with van der Waals surface area (Å²) in [6.07, 6.45) is 4.11. The van der Waals surface area contributed by atoms with Crippen molar-refractivity contribution in [1.29, 1.82) is 0 Å². The van der Waals surface area contributed by atoms with Crippen LogP contribution in [0.3, 0.4) is 0 Å². The molecule has 29 heavy (non-hydrogen) atoms. The molecule has 1 heterocycles. The molecule has 0 spiro atoms. The fraction of sp³-hybridized carbons (Fsp3) is 0. The number of rotatable bonds is 0. The summed E-state index contributed by atoms with van der Waals surface area (Å²) in [5.41, 5.74) is 6.05. The summed E-state index contributed by atoms with van der Waals surface area (Å²) in [6, 6.07) is 29.4. The second kappa shape index (κ2) is 6.42. The van der Waals surface area contributed by atoms with Crippen LogP contribution < -0.4 is 8.92 Å². The molecule has 0 amide bonds. The van der Waals surface area contributed by atoms with Crippen LogP contribution in [0.4, 0.5) is 0 Å². The van der Waals surface area contributed by atoms with Gasteiger partial charge in [-0.05, 0) is 0 Å². The van der Waals surface area contributed by atoms with Crippen LogP contribution in [-0.4, -0.2) is 20.7 Å². The van der Waals surface area contributed by atoms with Crippen molar-refractivity contribution in [2.45, 2.75) is 0 Å². The molecule has 0 fully saturated rings. The number of fused-ring (bicyclic) bond motifs is 4. The van der Waals surface area contributed by atoms with Crippen molar-refractivity contribution in [3.8, 4) is 0 Å². The SMILES string of the molecule is O=C1C(=C2c3ccccc3[Se]c3ccccc32)C=Cc2cc3ccccc3cc21. The van der Waals surface area contributed by atoms with Crippen LogP contribution in [0.1, 0.15) is 27.0 Å². The number of carbonyl (C=O) groups is 1. The quantitative estimate of drug-likeness (QED) is 0.258. The summed E-state index contributed by atoms with van der Waals surface area (Å²) in [4.78, 5) is 13.7. The molecule has 6 rings (SSSR count). The Labute approximate surface area is 175 Å². The van der Waals surface area contributed by atoms with E-state index < -0.39 is 0 Å². The van der Waals surface area contributed by atoms with E-state index >= 15 is 0 Å². The Morgan fingerprint density at radius 2 is 1.17 bits per heavy atom. The molecule has 2 heteroatoms. The first-order valence-electron chi connectivity index (χ1n) is 9.66. The number of hydrogen-bond donors (Lipinski definition) is 0. The second-order valence-corrected chi connectivity index (χ2v) is 9.61. The van der Waals surface area contributed by atoms with E-state index in [9.17, 15) is 4.79 Å². The molecule has 136 valence electrons. The Kier molecular flexibility index (Phi) is 3.70. The van der Waals surface area contributed by atoms with Gasteiger partial charge in [0.25, 0.3) is 0 Å². The van der Waals surface area contributed by atoms with Crippen molar-refractivity contribution >= 4 is 52.1 Å². The van der Waals surface area contributed by atoms with Gasteiger partial charge in [-0.3, -0.25) is 0 Å². The molecule has 0 N–H and O–H groups in total. The number of Topliss-reactive ketones (excluding diaryl/α,β-unsaturated/α-hetero) is 1. The van der Waals surface area contributed by atoms with Crippen molar-refractivity contribution in [3.05, 3.63) is 119 Å². The third-order valence-corrected chi connectivity index (χ3v) is 8.06.